The number of nitrogens with zero attached hydrogens (tertiary/aromatic N) is 2. The van der Waals surface area contributed by atoms with Gasteiger partial charge in [0.15, 0.2) is 0 Å². The molecule has 1 heterocycles. The summed E-state index contributed by atoms with van der Waals surface area (Å²) >= 11 is 0. The molecule has 1 aromatic heterocycles. The monoisotopic (exact) mass is 305 g/mol. The van der Waals surface area contributed by atoms with E-state index >= 15 is 0 Å². The Bertz CT molecular complexity index is 695. The normalized spacial score (nSPS) is 11.8. The fraction of sp³-hybridized carbons (Fsp3) is 0.267. The van der Waals surface area contributed by atoms with E-state index in [1.165, 1.54) is 10.4 Å². The van der Waals surface area contributed by atoms with Crippen LogP contribution in [0, 0.1) is 6.92 Å². The van der Waals surface area contributed by atoms with Crippen molar-refractivity contribution in [3.05, 3.63) is 53.9 Å². The van der Waals surface area contributed by atoms with Crippen molar-refractivity contribution in [3.8, 4) is 0 Å². The third kappa shape index (κ3) is 3.80. The van der Waals surface area contributed by atoms with Crippen molar-refractivity contribution in [2.45, 2.75) is 18.2 Å². The Balaban J connectivity index is 2.15. The molecule has 1 aromatic carbocycles. The molecule has 2 aromatic rings. The molecule has 2 rings (SSSR count). The SMILES string of the molecule is Cc1cc(N)cc(S(=O)(=O)N(C)CCc2ccncc2)c1. The highest BCUT2D eigenvalue weighted by atomic mass is 32.2. The van der Waals surface area contributed by atoms with Gasteiger partial charge in [0.05, 0.1) is 4.90 Å². The van der Waals surface area contributed by atoms with Gasteiger partial charge in [0, 0.05) is 31.7 Å². The summed E-state index contributed by atoms with van der Waals surface area (Å²) in [5, 5.41) is 0. The molecular formula is C15H19N3O2S. The molecule has 0 radical (unpaired) electrons. The van der Waals surface area contributed by atoms with Crippen molar-refractivity contribution in [2.24, 2.45) is 0 Å². The molecular weight excluding hydrogens is 286 g/mol. The highest BCUT2D eigenvalue weighted by molar-refractivity contribution is 7.89. The maximum atomic E-state index is 12.5. The minimum Gasteiger partial charge on any atom is -0.399 e. The third-order valence-electron chi connectivity index (χ3n) is 3.25. The number of sulfonamides is 1. The Hall–Kier alpha value is -1.92. The summed E-state index contributed by atoms with van der Waals surface area (Å²) in [6.07, 6.45) is 4.04. The van der Waals surface area contributed by atoms with Gasteiger partial charge in [-0.2, -0.15) is 0 Å². The second-order valence-electron chi connectivity index (χ2n) is 5.01. The van der Waals surface area contributed by atoms with Gasteiger partial charge in [-0.1, -0.05) is 0 Å². The minimum atomic E-state index is -3.52. The van der Waals surface area contributed by atoms with Crippen LogP contribution in [0.1, 0.15) is 11.1 Å². The second kappa shape index (κ2) is 6.24. The lowest BCUT2D eigenvalue weighted by atomic mass is 10.2. The fourth-order valence-electron chi connectivity index (χ4n) is 2.06. The zero-order valence-electron chi connectivity index (χ0n) is 12.2. The van der Waals surface area contributed by atoms with Crippen molar-refractivity contribution < 1.29 is 8.42 Å². The minimum absolute atomic E-state index is 0.234. The average molecular weight is 305 g/mol. The first-order valence-electron chi connectivity index (χ1n) is 6.62. The van der Waals surface area contributed by atoms with Crippen LogP contribution in [-0.4, -0.2) is 31.3 Å². The van der Waals surface area contributed by atoms with Gasteiger partial charge in [-0.3, -0.25) is 4.98 Å². The standard InChI is InChI=1S/C15H19N3O2S/c1-12-9-14(16)11-15(10-12)21(19,20)18(2)8-5-13-3-6-17-7-4-13/h3-4,6-7,9-11H,5,8,16H2,1-2H3. The molecule has 0 bridgehead atoms. The summed E-state index contributed by atoms with van der Waals surface area (Å²) in [6.45, 7) is 2.23. The number of rotatable bonds is 5. The van der Waals surface area contributed by atoms with E-state index in [0.29, 0.717) is 18.7 Å². The summed E-state index contributed by atoms with van der Waals surface area (Å²) in [6, 6.07) is 8.63. The Morgan fingerprint density at radius 2 is 1.86 bits per heavy atom. The topological polar surface area (TPSA) is 76.3 Å². The van der Waals surface area contributed by atoms with E-state index in [4.69, 9.17) is 5.73 Å². The first kappa shape index (κ1) is 15.5. The van der Waals surface area contributed by atoms with E-state index < -0.39 is 10.0 Å². The van der Waals surface area contributed by atoms with E-state index in [1.807, 2.05) is 19.1 Å². The van der Waals surface area contributed by atoms with Crippen LogP contribution >= 0.6 is 0 Å². The van der Waals surface area contributed by atoms with Crippen LogP contribution in [0.25, 0.3) is 0 Å². The van der Waals surface area contributed by atoms with Crippen LogP contribution in [0.15, 0.2) is 47.6 Å². The highest BCUT2D eigenvalue weighted by Crippen LogP contribution is 2.19. The predicted octanol–water partition coefficient (Wildman–Crippen LogP) is 1.84. The molecule has 0 aliphatic rings. The molecule has 2 N–H and O–H groups in total. The molecule has 0 amide bonds. The number of likely N-dealkylation sites (N-methyl/N-ethyl adjacent to an activating group) is 1. The van der Waals surface area contributed by atoms with Crippen molar-refractivity contribution in [2.75, 3.05) is 19.3 Å². The Morgan fingerprint density at radius 1 is 1.19 bits per heavy atom. The van der Waals surface area contributed by atoms with E-state index in [-0.39, 0.29) is 4.90 Å². The Kier molecular flexibility index (Phi) is 4.59. The number of hydrogen-bond acceptors (Lipinski definition) is 4. The van der Waals surface area contributed by atoms with Gasteiger partial charge in [-0.25, -0.2) is 12.7 Å². The van der Waals surface area contributed by atoms with Gasteiger partial charge in [0.1, 0.15) is 0 Å². The lowest BCUT2D eigenvalue weighted by molar-refractivity contribution is 0.472. The summed E-state index contributed by atoms with van der Waals surface area (Å²) < 4.78 is 26.4. The summed E-state index contributed by atoms with van der Waals surface area (Å²) in [4.78, 5) is 4.18. The number of anilines is 1. The zero-order chi connectivity index (χ0) is 15.5. The number of nitrogens with two attached hydrogens (primary N) is 1. The van der Waals surface area contributed by atoms with Crippen LogP contribution < -0.4 is 5.73 Å². The largest absolute Gasteiger partial charge is 0.399 e. The Labute approximate surface area is 125 Å². The lowest BCUT2D eigenvalue weighted by Gasteiger charge is -2.18. The third-order valence-corrected chi connectivity index (χ3v) is 5.08. The van der Waals surface area contributed by atoms with E-state index in [9.17, 15) is 8.42 Å². The molecule has 0 spiro atoms. The molecule has 0 saturated heterocycles. The molecule has 0 aliphatic heterocycles. The lowest BCUT2D eigenvalue weighted by Crippen LogP contribution is -2.29. The van der Waals surface area contributed by atoms with Gasteiger partial charge in [0.25, 0.3) is 0 Å². The maximum absolute atomic E-state index is 12.5. The van der Waals surface area contributed by atoms with Gasteiger partial charge in [-0.15, -0.1) is 0 Å². The number of hydrogen-bond donors (Lipinski definition) is 1. The van der Waals surface area contributed by atoms with Crippen LogP contribution in [0.4, 0.5) is 5.69 Å². The smallest absolute Gasteiger partial charge is 0.242 e. The van der Waals surface area contributed by atoms with E-state index in [0.717, 1.165) is 11.1 Å². The molecule has 0 atom stereocenters. The molecule has 5 nitrogen and oxygen atoms in total. The van der Waals surface area contributed by atoms with E-state index in [2.05, 4.69) is 4.98 Å². The van der Waals surface area contributed by atoms with Crippen LogP contribution in [0.2, 0.25) is 0 Å². The molecule has 0 aliphatic carbocycles. The van der Waals surface area contributed by atoms with Crippen LogP contribution in [0.3, 0.4) is 0 Å². The fourth-order valence-corrected chi connectivity index (χ4v) is 3.37. The number of nitrogen functional groups attached to an aromatic ring is 1. The number of pyridine rings is 1. The predicted molar refractivity (Wildman–Crippen MR) is 83.3 cm³/mol. The zero-order valence-corrected chi connectivity index (χ0v) is 13.0. The number of aryl methyl sites for hydroxylation is 1. The summed E-state index contributed by atoms with van der Waals surface area (Å²) in [5.74, 6) is 0. The number of aromatic nitrogens is 1. The van der Waals surface area contributed by atoms with Gasteiger partial charge in [-0.05, 0) is 54.8 Å². The summed E-state index contributed by atoms with van der Waals surface area (Å²) in [7, 11) is -1.94. The van der Waals surface area contributed by atoms with Crippen molar-refractivity contribution >= 4 is 15.7 Å². The van der Waals surface area contributed by atoms with Crippen molar-refractivity contribution in [1.82, 2.24) is 9.29 Å². The molecule has 6 heteroatoms. The average Bonchev–Trinajstić information content (AvgIpc) is 2.44. The Morgan fingerprint density at radius 3 is 2.48 bits per heavy atom. The van der Waals surface area contributed by atoms with Crippen molar-refractivity contribution in [1.29, 1.82) is 0 Å². The van der Waals surface area contributed by atoms with Gasteiger partial charge >= 0.3 is 0 Å². The molecule has 0 saturated carbocycles. The van der Waals surface area contributed by atoms with Crippen molar-refractivity contribution in [3.63, 3.8) is 0 Å². The second-order valence-corrected chi connectivity index (χ2v) is 7.06. The molecule has 0 unspecified atom stereocenters. The van der Waals surface area contributed by atoms with Gasteiger partial charge < -0.3 is 5.73 Å². The first-order chi connectivity index (χ1) is 9.89. The quantitative estimate of drug-likeness (QED) is 0.855. The molecule has 0 fully saturated rings. The maximum Gasteiger partial charge on any atom is 0.242 e. The molecule has 21 heavy (non-hydrogen) atoms. The van der Waals surface area contributed by atoms with Gasteiger partial charge in [0.2, 0.25) is 10.0 Å². The summed E-state index contributed by atoms with van der Waals surface area (Å²) in [5.41, 5.74) is 8.07. The molecule has 112 valence electrons. The number of benzene rings is 1. The van der Waals surface area contributed by atoms with E-state index in [1.54, 1.807) is 31.6 Å². The van der Waals surface area contributed by atoms with Crippen LogP contribution in [0.5, 0.6) is 0 Å². The first-order valence-corrected chi connectivity index (χ1v) is 8.06. The van der Waals surface area contributed by atoms with Crippen LogP contribution in [-0.2, 0) is 16.4 Å². The highest BCUT2D eigenvalue weighted by Gasteiger charge is 2.21.